The van der Waals surface area contributed by atoms with Crippen LogP contribution in [0.5, 0.6) is 0 Å². The number of hydrogen-bond donors (Lipinski definition) is 0. The van der Waals surface area contributed by atoms with E-state index in [1.54, 1.807) is 31.3 Å². The molecule has 7 nitrogen and oxygen atoms in total. The van der Waals surface area contributed by atoms with Crippen LogP contribution >= 0.6 is 11.3 Å². The summed E-state index contributed by atoms with van der Waals surface area (Å²) in [6.45, 7) is -0.0645. The van der Waals surface area contributed by atoms with Gasteiger partial charge < -0.3 is 4.90 Å². The first-order valence-corrected chi connectivity index (χ1v) is 8.83. The minimum absolute atomic E-state index is 0.0000280. The van der Waals surface area contributed by atoms with E-state index in [4.69, 9.17) is 0 Å². The van der Waals surface area contributed by atoms with Gasteiger partial charge in [0.1, 0.15) is 6.54 Å². The standard InChI is InChI=1S/C18H17N3O4S/c1-19(11-14-8-5-9-26-14)15(22)12-21-17(24)16(23)20(18(21)25)10-13-6-3-2-4-7-13/h2-9H,10-12H2,1H3. The first-order chi connectivity index (χ1) is 12.5. The quantitative estimate of drug-likeness (QED) is 0.572. The van der Waals surface area contributed by atoms with Gasteiger partial charge in [-0.3, -0.25) is 19.3 Å². The lowest BCUT2D eigenvalue weighted by Gasteiger charge is -2.20. The number of thiophene rings is 1. The number of likely N-dealkylation sites (N-methyl/N-ethyl adjacent to an activating group) is 1. The molecule has 0 bridgehead atoms. The summed E-state index contributed by atoms with van der Waals surface area (Å²) in [5, 5.41) is 1.90. The molecule has 1 fully saturated rings. The molecule has 0 aliphatic carbocycles. The molecular formula is C18H17N3O4S. The highest BCUT2D eigenvalue weighted by atomic mass is 32.1. The van der Waals surface area contributed by atoms with Crippen LogP contribution in [0.25, 0.3) is 0 Å². The lowest BCUT2D eigenvalue weighted by atomic mass is 10.2. The van der Waals surface area contributed by atoms with Crippen LogP contribution in [-0.4, -0.2) is 52.0 Å². The van der Waals surface area contributed by atoms with Gasteiger partial charge in [0.05, 0.1) is 13.1 Å². The molecule has 26 heavy (non-hydrogen) atoms. The largest absolute Gasteiger partial charge is 0.339 e. The third-order valence-corrected chi connectivity index (χ3v) is 4.87. The third-order valence-electron chi connectivity index (χ3n) is 4.01. The molecule has 1 aliphatic rings. The Labute approximate surface area is 154 Å². The number of benzene rings is 1. The molecule has 0 N–H and O–H groups in total. The Morgan fingerprint density at radius 1 is 1.00 bits per heavy atom. The number of imide groups is 2. The van der Waals surface area contributed by atoms with Gasteiger partial charge in [0.15, 0.2) is 0 Å². The van der Waals surface area contributed by atoms with Crippen molar-refractivity contribution in [1.29, 1.82) is 0 Å². The number of carbonyl (C=O) groups is 4. The van der Waals surface area contributed by atoms with Crippen molar-refractivity contribution < 1.29 is 19.2 Å². The zero-order chi connectivity index (χ0) is 18.7. The highest BCUT2D eigenvalue weighted by Crippen LogP contribution is 2.17. The van der Waals surface area contributed by atoms with Gasteiger partial charge in [0.2, 0.25) is 5.91 Å². The molecule has 0 radical (unpaired) electrons. The second kappa shape index (κ2) is 7.49. The molecule has 2 heterocycles. The summed E-state index contributed by atoms with van der Waals surface area (Å²) in [7, 11) is 1.59. The summed E-state index contributed by atoms with van der Waals surface area (Å²) in [5.74, 6) is -2.29. The number of amides is 5. The fourth-order valence-corrected chi connectivity index (χ4v) is 3.33. The summed E-state index contributed by atoms with van der Waals surface area (Å²) in [6, 6.07) is 11.9. The van der Waals surface area contributed by atoms with Crippen molar-refractivity contribution in [1.82, 2.24) is 14.7 Å². The molecular weight excluding hydrogens is 354 g/mol. The van der Waals surface area contributed by atoms with E-state index < -0.39 is 30.3 Å². The van der Waals surface area contributed by atoms with Gasteiger partial charge in [-0.05, 0) is 17.0 Å². The number of nitrogens with zero attached hydrogens (tertiary/aromatic N) is 3. The van der Waals surface area contributed by atoms with Gasteiger partial charge in [0, 0.05) is 11.9 Å². The average molecular weight is 371 g/mol. The number of rotatable bonds is 6. The summed E-state index contributed by atoms with van der Waals surface area (Å²) in [5.41, 5.74) is 0.727. The maximum absolute atomic E-state index is 12.4. The Morgan fingerprint density at radius 2 is 1.69 bits per heavy atom. The minimum atomic E-state index is -0.969. The average Bonchev–Trinajstić information content (AvgIpc) is 3.21. The third kappa shape index (κ3) is 3.65. The fourth-order valence-electron chi connectivity index (χ4n) is 2.58. The second-order valence-corrected chi connectivity index (χ2v) is 6.91. The first-order valence-electron chi connectivity index (χ1n) is 7.95. The molecule has 2 aromatic rings. The molecule has 1 aliphatic heterocycles. The van der Waals surface area contributed by atoms with E-state index in [0.717, 1.165) is 15.3 Å². The normalized spacial score (nSPS) is 14.3. The van der Waals surface area contributed by atoms with Crippen LogP contribution < -0.4 is 0 Å². The van der Waals surface area contributed by atoms with Crippen molar-refractivity contribution in [2.24, 2.45) is 0 Å². The van der Waals surface area contributed by atoms with Crippen LogP contribution in [0.4, 0.5) is 4.79 Å². The van der Waals surface area contributed by atoms with E-state index in [1.165, 1.54) is 16.2 Å². The van der Waals surface area contributed by atoms with Gasteiger partial charge >= 0.3 is 17.8 Å². The molecule has 1 saturated heterocycles. The fraction of sp³-hybridized carbons (Fsp3) is 0.222. The van der Waals surface area contributed by atoms with Crippen molar-refractivity contribution >= 4 is 35.1 Å². The van der Waals surface area contributed by atoms with Crippen LogP contribution in [0, 0.1) is 0 Å². The van der Waals surface area contributed by atoms with Gasteiger partial charge in [-0.2, -0.15) is 0 Å². The predicted molar refractivity (Wildman–Crippen MR) is 94.9 cm³/mol. The van der Waals surface area contributed by atoms with E-state index >= 15 is 0 Å². The SMILES string of the molecule is CN(Cc1cccs1)C(=O)CN1C(=O)C(=O)N(Cc2ccccc2)C1=O. The molecule has 0 saturated carbocycles. The summed E-state index contributed by atoms with van der Waals surface area (Å²) >= 11 is 1.51. The Bertz CT molecular complexity index is 835. The monoisotopic (exact) mass is 371 g/mol. The Balaban J connectivity index is 1.66. The zero-order valence-electron chi connectivity index (χ0n) is 14.1. The van der Waals surface area contributed by atoms with Crippen molar-refractivity contribution in [3.05, 3.63) is 58.3 Å². The molecule has 8 heteroatoms. The van der Waals surface area contributed by atoms with Crippen LogP contribution in [0.2, 0.25) is 0 Å². The predicted octanol–water partition coefficient (Wildman–Crippen LogP) is 1.70. The van der Waals surface area contributed by atoms with Gasteiger partial charge in [-0.1, -0.05) is 36.4 Å². The molecule has 0 spiro atoms. The molecule has 5 amide bonds. The molecule has 134 valence electrons. The number of hydrogen-bond acceptors (Lipinski definition) is 5. The lowest BCUT2D eigenvalue weighted by molar-refractivity contribution is -0.145. The van der Waals surface area contributed by atoms with Crippen molar-refractivity contribution in [3.8, 4) is 0 Å². The van der Waals surface area contributed by atoms with Crippen molar-refractivity contribution in [2.75, 3.05) is 13.6 Å². The Morgan fingerprint density at radius 3 is 2.35 bits per heavy atom. The maximum Gasteiger partial charge on any atom is 0.335 e. The van der Waals surface area contributed by atoms with Crippen LogP contribution in [0.1, 0.15) is 10.4 Å². The van der Waals surface area contributed by atoms with Crippen LogP contribution in [0.3, 0.4) is 0 Å². The van der Waals surface area contributed by atoms with Gasteiger partial charge in [0.25, 0.3) is 0 Å². The van der Waals surface area contributed by atoms with E-state index in [9.17, 15) is 19.2 Å². The highest BCUT2D eigenvalue weighted by molar-refractivity contribution is 7.09. The molecule has 3 rings (SSSR count). The Kier molecular flexibility index (Phi) is 5.13. The second-order valence-electron chi connectivity index (χ2n) is 5.88. The molecule has 0 atom stereocenters. The van der Waals surface area contributed by atoms with Crippen LogP contribution in [0.15, 0.2) is 47.8 Å². The molecule has 1 aromatic carbocycles. The maximum atomic E-state index is 12.4. The van der Waals surface area contributed by atoms with E-state index in [1.807, 2.05) is 23.6 Å². The first kappa shape index (κ1) is 17.8. The van der Waals surface area contributed by atoms with Crippen molar-refractivity contribution in [3.63, 3.8) is 0 Å². The van der Waals surface area contributed by atoms with Gasteiger partial charge in [-0.15, -0.1) is 11.3 Å². The summed E-state index contributed by atoms with van der Waals surface area (Å²) in [4.78, 5) is 53.0. The number of carbonyl (C=O) groups excluding carboxylic acids is 4. The van der Waals surface area contributed by atoms with Gasteiger partial charge in [-0.25, -0.2) is 9.69 Å². The zero-order valence-corrected chi connectivity index (χ0v) is 14.9. The van der Waals surface area contributed by atoms with E-state index in [0.29, 0.717) is 11.4 Å². The van der Waals surface area contributed by atoms with Crippen molar-refractivity contribution in [2.45, 2.75) is 13.1 Å². The highest BCUT2D eigenvalue weighted by Gasteiger charge is 2.45. The topological polar surface area (TPSA) is 78.0 Å². The number of urea groups is 1. The van der Waals surface area contributed by atoms with E-state index in [-0.39, 0.29) is 6.54 Å². The smallest absolute Gasteiger partial charge is 0.335 e. The lowest BCUT2D eigenvalue weighted by Crippen LogP contribution is -2.41. The minimum Gasteiger partial charge on any atom is -0.339 e. The van der Waals surface area contributed by atoms with E-state index in [2.05, 4.69) is 0 Å². The Hall–Kier alpha value is -3.00. The van der Waals surface area contributed by atoms with Crippen LogP contribution in [-0.2, 0) is 27.5 Å². The summed E-state index contributed by atoms with van der Waals surface area (Å²) < 4.78 is 0. The molecule has 1 aromatic heterocycles. The summed E-state index contributed by atoms with van der Waals surface area (Å²) in [6.07, 6.45) is 0. The molecule has 0 unspecified atom stereocenters.